The van der Waals surface area contributed by atoms with Gasteiger partial charge in [-0.15, -0.1) is 0 Å². The van der Waals surface area contributed by atoms with Crippen LogP contribution < -0.4 is 5.32 Å². The van der Waals surface area contributed by atoms with Crippen molar-refractivity contribution in [1.29, 1.82) is 0 Å². The van der Waals surface area contributed by atoms with Crippen molar-refractivity contribution in [2.24, 2.45) is 5.41 Å². The van der Waals surface area contributed by atoms with E-state index in [1.807, 2.05) is 7.05 Å². The van der Waals surface area contributed by atoms with Crippen LogP contribution in [0.1, 0.15) is 40.0 Å². The standard InChI is InChI=1S/C11H25NO2S/c1-5-15(13,14)10-6-7-11(2,3)8-9-12-4/h12H,5-10H2,1-4H3. The molecule has 0 spiro atoms. The van der Waals surface area contributed by atoms with Crippen molar-refractivity contribution in [1.82, 2.24) is 5.32 Å². The maximum Gasteiger partial charge on any atom is 0.150 e. The molecular weight excluding hydrogens is 210 g/mol. The zero-order valence-corrected chi connectivity index (χ0v) is 11.3. The molecule has 0 heterocycles. The number of nitrogens with one attached hydrogen (secondary N) is 1. The second kappa shape index (κ2) is 6.48. The molecule has 0 radical (unpaired) electrons. The fourth-order valence-corrected chi connectivity index (χ4v) is 2.38. The molecule has 0 fully saturated rings. The van der Waals surface area contributed by atoms with E-state index >= 15 is 0 Å². The summed E-state index contributed by atoms with van der Waals surface area (Å²) in [4.78, 5) is 0. The molecule has 4 heteroatoms. The third kappa shape index (κ3) is 7.79. The fraction of sp³-hybridized carbons (Fsp3) is 1.00. The van der Waals surface area contributed by atoms with Crippen LogP contribution in [0.5, 0.6) is 0 Å². The Morgan fingerprint density at radius 3 is 2.27 bits per heavy atom. The molecule has 1 N–H and O–H groups in total. The van der Waals surface area contributed by atoms with Crippen molar-refractivity contribution < 1.29 is 8.42 Å². The van der Waals surface area contributed by atoms with Gasteiger partial charge in [-0.1, -0.05) is 20.8 Å². The van der Waals surface area contributed by atoms with Gasteiger partial charge in [0.1, 0.15) is 9.84 Å². The SMILES string of the molecule is CCS(=O)(=O)CCCC(C)(C)CCNC. The van der Waals surface area contributed by atoms with E-state index in [2.05, 4.69) is 19.2 Å². The van der Waals surface area contributed by atoms with Gasteiger partial charge >= 0.3 is 0 Å². The Kier molecular flexibility index (Phi) is 6.44. The van der Waals surface area contributed by atoms with E-state index in [9.17, 15) is 8.42 Å². The lowest BCUT2D eigenvalue weighted by molar-refractivity contribution is 0.302. The maximum atomic E-state index is 11.3. The minimum Gasteiger partial charge on any atom is -0.320 e. The molecule has 0 rings (SSSR count). The highest BCUT2D eigenvalue weighted by molar-refractivity contribution is 7.91. The fourth-order valence-electron chi connectivity index (χ4n) is 1.50. The summed E-state index contributed by atoms with van der Waals surface area (Å²) in [5.74, 6) is 0.608. The van der Waals surface area contributed by atoms with E-state index in [4.69, 9.17) is 0 Å². The summed E-state index contributed by atoms with van der Waals surface area (Å²) in [6, 6.07) is 0. The van der Waals surface area contributed by atoms with Crippen molar-refractivity contribution in [3.05, 3.63) is 0 Å². The lowest BCUT2D eigenvalue weighted by Crippen LogP contribution is -2.20. The van der Waals surface area contributed by atoms with Crippen LogP contribution in [0, 0.1) is 5.41 Å². The lowest BCUT2D eigenvalue weighted by atomic mass is 9.85. The maximum absolute atomic E-state index is 11.3. The molecule has 0 aliphatic carbocycles. The van der Waals surface area contributed by atoms with Crippen molar-refractivity contribution in [2.45, 2.75) is 40.0 Å². The summed E-state index contributed by atoms with van der Waals surface area (Å²) < 4.78 is 22.6. The average molecular weight is 235 g/mol. The molecular formula is C11H25NO2S. The molecule has 0 aliphatic heterocycles. The first-order chi connectivity index (χ1) is 6.83. The van der Waals surface area contributed by atoms with Crippen LogP contribution in [0.15, 0.2) is 0 Å². The summed E-state index contributed by atoms with van der Waals surface area (Å²) >= 11 is 0. The Hall–Kier alpha value is -0.0900. The highest BCUT2D eigenvalue weighted by Gasteiger charge is 2.18. The van der Waals surface area contributed by atoms with Gasteiger partial charge in [-0.2, -0.15) is 0 Å². The molecule has 15 heavy (non-hydrogen) atoms. The predicted octanol–water partition coefficient (Wildman–Crippen LogP) is 1.84. The van der Waals surface area contributed by atoms with E-state index in [-0.39, 0.29) is 11.2 Å². The van der Waals surface area contributed by atoms with Crippen LogP contribution in [-0.2, 0) is 9.84 Å². The molecule has 0 saturated heterocycles. The largest absolute Gasteiger partial charge is 0.320 e. The molecule has 0 amide bonds. The predicted molar refractivity (Wildman–Crippen MR) is 65.9 cm³/mol. The number of hydrogen-bond donors (Lipinski definition) is 1. The number of sulfone groups is 1. The van der Waals surface area contributed by atoms with Crippen LogP contribution >= 0.6 is 0 Å². The Morgan fingerprint density at radius 1 is 1.20 bits per heavy atom. The van der Waals surface area contributed by atoms with Crippen molar-refractivity contribution >= 4 is 9.84 Å². The van der Waals surface area contributed by atoms with E-state index in [0.29, 0.717) is 5.75 Å². The second-order valence-corrected chi connectivity index (χ2v) is 7.33. The van der Waals surface area contributed by atoms with Gasteiger partial charge in [0.25, 0.3) is 0 Å². The van der Waals surface area contributed by atoms with Gasteiger partial charge in [-0.25, -0.2) is 8.42 Å². The van der Waals surface area contributed by atoms with Crippen LogP contribution in [0.2, 0.25) is 0 Å². The van der Waals surface area contributed by atoms with Crippen molar-refractivity contribution in [2.75, 3.05) is 25.1 Å². The first kappa shape index (κ1) is 14.9. The zero-order valence-electron chi connectivity index (χ0n) is 10.5. The Morgan fingerprint density at radius 2 is 1.80 bits per heavy atom. The van der Waals surface area contributed by atoms with Crippen LogP contribution in [-0.4, -0.2) is 33.5 Å². The third-order valence-electron chi connectivity index (χ3n) is 2.80. The highest BCUT2D eigenvalue weighted by atomic mass is 32.2. The summed E-state index contributed by atoms with van der Waals surface area (Å²) in [7, 11) is -0.836. The van der Waals surface area contributed by atoms with Gasteiger partial charge in [0.05, 0.1) is 5.75 Å². The monoisotopic (exact) mass is 235 g/mol. The quantitative estimate of drug-likeness (QED) is 0.698. The summed E-state index contributed by atoms with van der Waals surface area (Å²) in [6.45, 7) is 7.10. The second-order valence-electron chi connectivity index (χ2n) is 4.86. The van der Waals surface area contributed by atoms with Gasteiger partial charge in [-0.05, 0) is 38.3 Å². The summed E-state index contributed by atoms with van der Waals surface area (Å²) in [5.41, 5.74) is 0.242. The molecule has 0 unspecified atom stereocenters. The van der Waals surface area contributed by atoms with E-state index in [1.54, 1.807) is 6.92 Å². The summed E-state index contributed by atoms with van der Waals surface area (Å²) in [6.07, 6.45) is 2.86. The smallest absolute Gasteiger partial charge is 0.150 e. The normalized spacial score (nSPS) is 13.1. The molecule has 3 nitrogen and oxygen atoms in total. The van der Waals surface area contributed by atoms with Gasteiger partial charge in [-0.3, -0.25) is 0 Å². The van der Waals surface area contributed by atoms with E-state index < -0.39 is 9.84 Å². The van der Waals surface area contributed by atoms with Gasteiger partial charge in [0.2, 0.25) is 0 Å². The third-order valence-corrected chi connectivity index (χ3v) is 4.59. The van der Waals surface area contributed by atoms with Crippen molar-refractivity contribution in [3.63, 3.8) is 0 Å². The Balaban J connectivity index is 3.84. The van der Waals surface area contributed by atoms with Gasteiger partial charge in [0, 0.05) is 5.75 Å². The lowest BCUT2D eigenvalue weighted by Gasteiger charge is -2.24. The molecule has 0 aromatic rings. The first-order valence-electron chi connectivity index (χ1n) is 5.68. The zero-order chi connectivity index (χ0) is 11.9. The topological polar surface area (TPSA) is 46.2 Å². The van der Waals surface area contributed by atoms with E-state index in [0.717, 1.165) is 25.8 Å². The van der Waals surface area contributed by atoms with Crippen LogP contribution in [0.25, 0.3) is 0 Å². The molecule has 0 aromatic carbocycles. The van der Waals surface area contributed by atoms with Crippen LogP contribution in [0.4, 0.5) is 0 Å². The number of hydrogen-bond acceptors (Lipinski definition) is 3. The minimum atomic E-state index is -2.78. The number of rotatable bonds is 8. The molecule has 0 aromatic heterocycles. The molecule has 0 bridgehead atoms. The Labute approximate surface area is 94.6 Å². The Bertz CT molecular complexity index is 258. The molecule has 92 valence electrons. The van der Waals surface area contributed by atoms with Gasteiger partial charge < -0.3 is 5.32 Å². The van der Waals surface area contributed by atoms with Gasteiger partial charge in [0.15, 0.2) is 0 Å². The highest BCUT2D eigenvalue weighted by Crippen LogP contribution is 2.26. The van der Waals surface area contributed by atoms with E-state index in [1.165, 1.54) is 0 Å². The molecule has 0 saturated carbocycles. The summed E-state index contributed by atoms with van der Waals surface area (Å²) in [5, 5.41) is 3.12. The molecule has 0 aliphatic rings. The van der Waals surface area contributed by atoms with Crippen molar-refractivity contribution in [3.8, 4) is 0 Å². The first-order valence-corrected chi connectivity index (χ1v) is 7.50. The average Bonchev–Trinajstić information content (AvgIpc) is 2.14. The minimum absolute atomic E-state index is 0.242. The van der Waals surface area contributed by atoms with Crippen LogP contribution in [0.3, 0.4) is 0 Å². The molecule has 0 atom stereocenters.